The van der Waals surface area contributed by atoms with Crippen LogP contribution in [0.5, 0.6) is 0 Å². The van der Waals surface area contributed by atoms with Gasteiger partial charge in [0.25, 0.3) is 0 Å². The van der Waals surface area contributed by atoms with Crippen molar-refractivity contribution in [1.82, 2.24) is 14.5 Å². The molecule has 0 aliphatic carbocycles. The lowest BCUT2D eigenvalue weighted by molar-refractivity contribution is 0.518. The summed E-state index contributed by atoms with van der Waals surface area (Å²) in [4.78, 5) is 20.8. The Labute approximate surface area is 105 Å². The molecule has 0 radical (unpaired) electrons. The van der Waals surface area contributed by atoms with Gasteiger partial charge in [-0.25, -0.2) is 20.6 Å². The highest BCUT2D eigenvalue weighted by molar-refractivity contribution is 7.15. The highest BCUT2D eigenvalue weighted by Gasteiger charge is 2.11. The van der Waals surface area contributed by atoms with Crippen molar-refractivity contribution in [2.45, 2.75) is 6.54 Å². The molecule has 3 aromatic heterocycles. The van der Waals surface area contributed by atoms with E-state index >= 15 is 0 Å². The Balaban J connectivity index is 2.04. The molecule has 8 heteroatoms. The first kappa shape index (κ1) is 10.9. The van der Waals surface area contributed by atoms with E-state index in [0.717, 1.165) is 4.88 Å². The van der Waals surface area contributed by atoms with Gasteiger partial charge in [0, 0.05) is 17.3 Å². The number of fused-ring (bicyclic) bond motifs is 1. The van der Waals surface area contributed by atoms with Crippen LogP contribution in [0.25, 0.3) is 11.2 Å². The minimum Gasteiger partial charge on any atom is -0.406 e. The summed E-state index contributed by atoms with van der Waals surface area (Å²) in [5, 5.41) is 0.596. The van der Waals surface area contributed by atoms with Gasteiger partial charge in [-0.15, -0.1) is 0 Å². The molecule has 3 rings (SSSR count). The first-order valence-electron chi connectivity index (χ1n) is 5.13. The molecule has 0 aromatic carbocycles. The van der Waals surface area contributed by atoms with Crippen LogP contribution in [0.4, 0.5) is 5.13 Å². The van der Waals surface area contributed by atoms with E-state index in [2.05, 4.69) is 15.4 Å². The van der Waals surface area contributed by atoms with Crippen LogP contribution in [0.1, 0.15) is 4.88 Å². The van der Waals surface area contributed by atoms with Crippen LogP contribution in [0.15, 0.2) is 33.7 Å². The summed E-state index contributed by atoms with van der Waals surface area (Å²) in [5.74, 6) is 4.82. The summed E-state index contributed by atoms with van der Waals surface area (Å²) < 4.78 is 6.55. The maximum absolute atomic E-state index is 11.7. The summed E-state index contributed by atoms with van der Waals surface area (Å²) in [5.41, 5.74) is 3.46. The third kappa shape index (κ3) is 1.77. The zero-order valence-corrected chi connectivity index (χ0v) is 9.98. The second kappa shape index (κ2) is 4.24. The Morgan fingerprint density at radius 2 is 2.39 bits per heavy atom. The van der Waals surface area contributed by atoms with E-state index < -0.39 is 5.76 Å². The lowest BCUT2D eigenvalue weighted by atomic mass is 10.4. The SMILES string of the molecule is NNc1ncc(Cn2c(=O)oc3cccnc32)s1. The maximum atomic E-state index is 11.7. The van der Waals surface area contributed by atoms with Crippen molar-refractivity contribution in [3.8, 4) is 0 Å². The smallest absolute Gasteiger partial charge is 0.406 e. The standard InChI is InChI=1S/C10H9N5O2S/c11-14-9-13-4-6(18-9)5-15-8-7(17-10(15)16)2-1-3-12-8/h1-4H,5,11H2,(H,13,14). The van der Waals surface area contributed by atoms with Crippen LogP contribution in [0.2, 0.25) is 0 Å². The monoisotopic (exact) mass is 263 g/mol. The van der Waals surface area contributed by atoms with Gasteiger partial charge in [0.2, 0.25) is 0 Å². The summed E-state index contributed by atoms with van der Waals surface area (Å²) in [7, 11) is 0. The minimum atomic E-state index is -0.431. The maximum Gasteiger partial charge on any atom is 0.421 e. The molecule has 0 aliphatic rings. The van der Waals surface area contributed by atoms with Gasteiger partial charge in [-0.1, -0.05) is 11.3 Å². The number of nitrogens with zero attached hydrogens (tertiary/aromatic N) is 3. The molecule has 0 bridgehead atoms. The van der Waals surface area contributed by atoms with Gasteiger partial charge in [0.1, 0.15) is 0 Å². The molecule has 0 spiro atoms. The van der Waals surface area contributed by atoms with Gasteiger partial charge < -0.3 is 4.42 Å². The fourth-order valence-electron chi connectivity index (χ4n) is 1.64. The zero-order chi connectivity index (χ0) is 12.5. The molecule has 0 unspecified atom stereocenters. The Bertz CT molecular complexity index is 744. The normalized spacial score (nSPS) is 10.9. The Hall–Kier alpha value is -2.19. The van der Waals surface area contributed by atoms with E-state index in [1.165, 1.54) is 15.9 Å². The predicted molar refractivity (Wildman–Crippen MR) is 67.3 cm³/mol. The number of aromatic nitrogens is 3. The van der Waals surface area contributed by atoms with Crippen LogP contribution in [0.3, 0.4) is 0 Å². The second-order valence-corrected chi connectivity index (χ2v) is 4.67. The van der Waals surface area contributed by atoms with Gasteiger partial charge in [0.05, 0.1) is 6.54 Å². The third-order valence-electron chi connectivity index (χ3n) is 2.42. The molecule has 0 atom stereocenters. The number of anilines is 1. The molecule has 92 valence electrons. The first-order valence-corrected chi connectivity index (χ1v) is 5.95. The van der Waals surface area contributed by atoms with Crippen LogP contribution in [-0.2, 0) is 6.54 Å². The average Bonchev–Trinajstić information content (AvgIpc) is 2.96. The molecule has 0 amide bonds. The summed E-state index contributed by atoms with van der Waals surface area (Å²) >= 11 is 1.37. The number of pyridine rings is 1. The van der Waals surface area contributed by atoms with Crippen molar-refractivity contribution >= 4 is 27.7 Å². The lowest BCUT2D eigenvalue weighted by Crippen LogP contribution is -2.14. The fraction of sp³-hybridized carbons (Fsp3) is 0.100. The summed E-state index contributed by atoms with van der Waals surface area (Å²) in [6.07, 6.45) is 3.28. The molecule has 7 nitrogen and oxygen atoms in total. The van der Waals surface area contributed by atoms with Gasteiger partial charge in [-0.2, -0.15) is 0 Å². The number of thiazole rings is 1. The largest absolute Gasteiger partial charge is 0.421 e. The molecule has 0 saturated carbocycles. The molecule has 0 aliphatic heterocycles. The summed E-state index contributed by atoms with van der Waals surface area (Å²) in [6.45, 7) is 0.363. The fourth-order valence-corrected chi connectivity index (χ4v) is 2.35. The number of nitrogens with two attached hydrogens (primary N) is 1. The van der Waals surface area contributed by atoms with E-state index in [1.807, 2.05) is 0 Å². The van der Waals surface area contributed by atoms with Crippen molar-refractivity contribution in [3.05, 3.63) is 40.0 Å². The highest BCUT2D eigenvalue weighted by atomic mass is 32.1. The minimum absolute atomic E-state index is 0.363. The van der Waals surface area contributed by atoms with Crippen molar-refractivity contribution in [1.29, 1.82) is 0 Å². The molecular weight excluding hydrogens is 254 g/mol. The lowest BCUT2D eigenvalue weighted by Gasteiger charge is -1.97. The van der Waals surface area contributed by atoms with Crippen molar-refractivity contribution in [3.63, 3.8) is 0 Å². The Morgan fingerprint density at radius 1 is 1.50 bits per heavy atom. The van der Waals surface area contributed by atoms with Gasteiger partial charge >= 0.3 is 5.76 Å². The zero-order valence-electron chi connectivity index (χ0n) is 9.16. The van der Waals surface area contributed by atoms with E-state index in [1.54, 1.807) is 24.5 Å². The van der Waals surface area contributed by atoms with Crippen LogP contribution >= 0.6 is 11.3 Å². The molecule has 18 heavy (non-hydrogen) atoms. The average molecular weight is 263 g/mol. The van der Waals surface area contributed by atoms with Crippen molar-refractivity contribution in [2.24, 2.45) is 5.84 Å². The molecular formula is C10H9N5O2S. The van der Waals surface area contributed by atoms with Crippen LogP contribution < -0.4 is 17.0 Å². The highest BCUT2D eigenvalue weighted by Crippen LogP contribution is 2.19. The van der Waals surface area contributed by atoms with E-state index in [9.17, 15) is 4.79 Å². The molecule has 3 heterocycles. The predicted octanol–water partition coefficient (Wildman–Crippen LogP) is 0.780. The Morgan fingerprint density at radius 3 is 3.17 bits per heavy atom. The number of hydrogen-bond donors (Lipinski definition) is 2. The first-order chi connectivity index (χ1) is 8.78. The van der Waals surface area contributed by atoms with Crippen LogP contribution in [-0.4, -0.2) is 14.5 Å². The Kier molecular flexibility index (Phi) is 2.58. The number of hydrazine groups is 1. The molecule has 3 N–H and O–H groups in total. The number of hydrogen-bond acceptors (Lipinski definition) is 7. The third-order valence-corrected chi connectivity index (χ3v) is 3.33. The number of oxazole rings is 1. The summed E-state index contributed by atoms with van der Waals surface area (Å²) in [6, 6.07) is 3.43. The van der Waals surface area contributed by atoms with E-state index in [0.29, 0.717) is 22.9 Å². The van der Waals surface area contributed by atoms with Crippen molar-refractivity contribution < 1.29 is 4.42 Å². The number of nitrogen functional groups attached to an aromatic ring is 1. The topological polar surface area (TPSA) is 99.0 Å². The molecule has 3 aromatic rings. The van der Waals surface area contributed by atoms with Gasteiger partial charge in [-0.05, 0) is 12.1 Å². The quantitative estimate of drug-likeness (QED) is 0.535. The number of nitrogens with one attached hydrogen (secondary N) is 1. The van der Waals surface area contributed by atoms with Gasteiger partial charge in [0.15, 0.2) is 16.4 Å². The van der Waals surface area contributed by atoms with E-state index in [-0.39, 0.29) is 0 Å². The molecule has 0 saturated heterocycles. The second-order valence-electron chi connectivity index (χ2n) is 3.56. The van der Waals surface area contributed by atoms with Crippen LogP contribution in [0, 0.1) is 0 Å². The van der Waals surface area contributed by atoms with E-state index in [4.69, 9.17) is 10.3 Å². The number of rotatable bonds is 3. The van der Waals surface area contributed by atoms with Gasteiger partial charge in [-0.3, -0.25) is 9.99 Å². The molecule has 0 fully saturated rings. The van der Waals surface area contributed by atoms with Crippen molar-refractivity contribution in [2.75, 3.05) is 5.43 Å².